The first kappa shape index (κ1) is 26.1. The predicted molar refractivity (Wildman–Crippen MR) is 131 cm³/mol. The average Bonchev–Trinajstić information content (AvgIpc) is 2.87. The van der Waals surface area contributed by atoms with Crippen LogP contribution in [0.25, 0.3) is 0 Å². The molecule has 37 heavy (non-hydrogen) atoms. The quantitative estimate of drug-likeness (QED) is 0.348. The number of allylic oxidation sites excluding steroid dienone is 1. The fraction of sp³-hybridized carbons (Fsp3) is 0.200. The van der Waals surface area contributed by atoms with E-state index in [1.165, 1.54) is 43.6 Å². The zero-order valence-electron chi connectivity index (χ0n) is 19.5. The average molecular weight is 535 g/mol. The number of hydrogen-bond acceptors (Lipinski definition) is 6. The zero-order valence-corrected chi connectivity index (χ0v) is 20.3. The smallest absolute Gasteiger partial charge is 0.416 e. The topological polar surface area (TPSA) is 107 Å². The van der Waals surface area contributed by atoms with Crippen LogP contribution in [-0.2, 0) is 16.2 Å². The SMILES string of the molecule is CN=C(C=CN)c1cc(C(F)(F)F)ccc1[C@H]1CCOc2cc(S(=O)(=O)Nc3ccc(F)cn3)ccc21. The highest BCUT2D eigenvalue weighted by molar-refractivity contribution is 7.92. The van der Waals surface area contributed by atoms with E-state index in [1.54, 1.807) is 6.07 Å². The molecule has 0 amide bonds. The third kappa shape index (κ3) is 5.58. The van der Waals surface area contributed by atoms with Gasteiger partial charge in [0.2, 0.25) is 0 Å². The van der Waals surface area contributed by atoms with E-state index < -0.39 is 33.5 Å². The Kier molecular flexibility index (Phi) is 7.21. The number of ether oxygens (including phenoxy) is 1. The molecule has 1 aliphatic heterocycles. The van der Waals surface area contributed by atoms with Crippen LogP contribution in [0.5, 0.6) is 5.75 Å². The monoisotopic (exact) mass is 534 g/mol. The molecule has 3 aromatic rings. The number of aliphatic imine (C=N–C) groups is 1. The molecule has 0 radical (unpaired) electrons. The maximum Gasteiger partial charge on any atom is 0.416 e. The van der Waals surface area contributed by atoms with Crippen LogP contribution >= 0.6 is 0 Å². The molecule has 1 aliphatic rings. The van der Waals surface area contributed by atoms with E-state index in [-0.39, 0.29) is 34.3 Å². The molecule has 194 valence electrons. The Morgan fingerprint density at radius 2 is 1.92 bits per heavy atom. The van der Waals surface area contributed by atoms with Crippen LogP contribution in [0.15, 0.2) is 76.9 Å². The summed E-state index contributed by atoms with van der Waals surface area (Å²) in [6.45, 7) is 0.208. The molecular weight excluding hydrogens is 512 g/mol. The minimum atomic E-state index is -4.55. The molecule has 1 atom stereocenters. The predicted octanol–water partition coefficient (Wildman–Crippen LogP) is 4.85. The summed E-state index contributed by atoms with van der Waals surface area (Å²) in [5.74, 6) is -0.794. The molecule has 0 unspecified atom stereocenters. The van der Waals surface area contributed by atoms with Crippen LogP contribution in [0.4, 0.5) is 23.4 Å². The number of halogens is 4. The lowest BCUT2D eigenvalue weighted by Gasteiger charge is -2.29. The highest BCUT2D eigenvalue weighted by Gasteiger charge is 2.33. The van der Waals surface area contributed by atoms with Crippen LogP contribution in [0.3, 0.4) is 0 Å². The van der Waals surface area contributed by atoms with E-state index in [4.69, 9.17) is 10.5 Å². The van der Waals surface area contributed by atoms with E-state index in [0.29, 0.717) is 17.5 Å². The van der Waals surface area contributed by atoms with Crippen molar-refractivity contribution in [3.05, 3.63) is 95.1 Å². The van der Waals surface area contributed by atoms with Crippen molar-refractivity contribution in [2.75, 3.05) is 18.4 Å². The summed E-state index contributed by atoms with van der Waals surface area (Å²) in [6.07, 6.45) is -0.609. The molecular formula is C25H22F4N4O3S. The van der Waals surface area contributed by atoms with Crippen LogP contribution in [0.1, 0.15) is 34.6 Å². The first-order valence-corrected chi connectivity index (χ1v) is 12.5. The van der Waals surface area contributed by atoms with Crippen LogP contribution in [-0.4, -0.2) is 32.8 Å². The Labute approximate surface area is 210 Å². The second kappa shape index (κ2) is 10.2. The number of anilines is 1. The van der Waals surface area contributed by atoms with E-state index in [0.717, 1.165) is 24.4 Å². The minimum absolute atomic E-state index is 0.0633. The first-order valence-electron chi connectivity index (χ1n) is 11.0. The molecule has 0 bridgehead atoms. The van der Waals surface area contributed by atoms with Gasteiger partial charge in [0.25, 0.3) is 10.0 Å². The number of nitrogens with two attached hydrogens (primary N) is 1. The minimum Gasteiger partial charge on any atom is -0.493 e. The Morgan fingerprint density at radius 3 is 2.57 bits per heavy atom. The van der Waals surface area contributed by atoms with Gasteiger partial charge in [0.1, 0.15) is 17.4 Å². The summed E-state index contributed by atoms with van der Waals surface area (Å²) >= 11 is 0. The lowest BCUT2D eigenvalue weighted by Crippen LogP contribution is -2.20. The first-order chi connectivity index (χ1) is 17.5. The van der Waals surface area contributed by atoms with E-state index >= 15 is 0 Å². The van der Waals surface area contributed by atoms with Crippen molar-refractivity contribution in [2.24, 2.45) is 10.7 Å². The summed E-state index contributed by atoms with van der Waals surface area (Å²) in [6, 6.07) is 9.97. The lowest BCUT2D eigenvalue weighted by molar-refractivity contribution is -0.137. The van der Waals surface area contributed by atoms with Crippen molar-refractivity contribution in [2.45, 2.75) is 23.4 Å². The normalized spacial score (nSPS) is 16.4. The highest BCUT2D eigenvalue weighted by atomic mass is 32.2. The van der Waals surface area contributed by atoms with Crippen molar-refractivity contribution in [3.8, 4) is 5.75 Å². The summed E-state index contributed by atoms with van der Waals surface area (Å²) in [7, 11) is -2.62. The van der Waals surface area contributed by atoms with Crippen molar-refractivity contribution < 1.29 is 30.7 Å². The highest BCUT2D eigenvalue weighted by Crippen LogP contribution is 2.42. The fourth-order valence-electron chi connectivity index (χ4n) is 4.13. The van der Waals surface area contributed by atoms with Crippen LogP contribution < -0.4 is 15.2 Å². The number of nitrogens with one attached hydrogen (secondary N) is 1. The standard InChI is InChI=1S/C25H22F4N4O3S/c1-31-22(8-10-30)21-12-15(25(27,28)29)2-5-18(21)19-9-11-36-23-13-17(4-6-20(19)23)37(34,35)33-24-7-3-16(26)14-32-24/h2-8,10,12-14,19H,9,11,30H2,1H3,(H,32,33)/t19-/m1/s1. The van der Waals surface area contributed by atoms with Gasteiger partial charge in [-0.1, -0.05) is 12.1 Å². The van der Waals surface area contributed by atoms with Crippen LogP contribution in [0, 0.1) is 5.82 Å². The molecule has 2 aromatic carbocycles. The third-order valence-electron chi connectivity index (χ3n) is 5.83. The molecule has 4 rings (SSSR count). The van der Waals surface area contributed by atoms with Gasteiger partial charge >= 0.3 is 6.18 Å². The molecule has 0 fully saturated rings. The third-order valence-corrected chi connectivity index (χ3v) is 7.18. The Balaban J connectivity index is 1.75. The number of sulfonamides is 1. The number of nitrogens with zero attached hydrogens (tertiary/aromatic N) is 2. The van der Waals surface area contributed by atoms with Gasteiger partial charge in [-0.2, -0.15) is 13.2 Å². The van der Waals surface area contributed by atoms with Gasteiger partial charge in [0, 0.05) is 30.2 Å². The molecule has 12 heteroatoms. The van der Waals surface area contributed by atoms with Gasteiger partial charge in [0.15, 0.2) is 0 Å². The Hall–Kier alpha value is -3.93. The lowest BCUT2D eigenvalue weighted by atomic mass is 9.82. The van der Waals surface area contributed by atoms with E-state index in [1.807, 2.05) is 0 Å². The van der Waals surface area contributed by atoms with Crippen molar-refractivity contribution in [1.29, 1.82) is 0 Å². The van der Waals surface area contributed by atoms with E-state index in [2.05, 4.69) is 14.7 Å². The van der Waals surface area contributed by atoms with Gasteiger partial charge in [-0.25, -0.2) is 17.8 Å². The van der Waals surface area contributed by atoms with Gasteiger partial charge in [-0.05, 0) is 54.6 Å². The number of aromatic nitrogens is 1. The summed E-state index contributed by atoms with van der Waals surface area (Å²) in [4.78, 5) is 7.69. The van der Waals surface area contributed by atoms with Gasteiger partial charge in [-0.15, -0.1) is 0 Å². The zero-order chi connectivity index (χ0) is 26.8. The number of benzene rings is 2. The van der Waals surface area contributed by atoms with Crippen LogP contribution in [0.2, 0.25) is 0 Å². The second-order valence-corrected chi connectivity index (χ2v) is 9.81. The number of rotatable bonds is 6. The summed E-state index contributed by atoms with van der Waals surface area (Å²) in [5.41, 5.74) is 6.39. The molecule has 3 N–H and O–H groups in total. The van der Waals surface area contributed by atoms with Gasteiger partial charge in [-0.3, -0.25) is 9.71 Å². The maximum absolute atomic E-state index is 13.5. The molecule has 7 nitrogen and oxygen atoms in total. The van der Waals surface area contributed by atoms with Crippen molar-refractivity contribution in [1.82, 2.24) is 4.98 Å². The molecule has 2 heterocycles. The molecule has 0 saturated heterocycles. The molecule has 0 aliphatic carbocycles. The summed E-state index contributed by atoms with van der Waals surface area (Å²) in [5, 5.41) is 0. The van der Waals surface area contributed by atoms with Crippen molar-refractivity contribution in [3.63, 3.8) is 0 Å². The number of pyridine rings is 1. The van der Waals surface area contributed by atoms with Gasteiger partial charge < -0.3 is 10.5 Å². The van der Waals surface area contributed by atoms with Gasteiger partial charge in [0.05, 0.1) is 29.0 Å². The number of alkyl halides is 3. The van der Waals surface area contributed by atoms with E-state index in [9.17, 15) is 26.0 Å². The number of hydrogen-bond donors (Lipinski definition) is 2. The fourth-order valence-corrected chi connectivity index (χ4v) is 5.15. The summed E-state index contributed by atoms with van der Waals surface area (Å²) < 4.78 is 87.3. The Bertz CT molecular complexity index is 1470. The molecule has 0 saturated carbocycles. The Morgan fingerprint density at radius 1 is 1.16 bits per heavy atom. The molecule has 0 spiro atoms. The second-order valence-electron chi connectivity index (χ2n) is 8.12. The van der Waals surface area contributed by atoms with Crippen molar-refractivity contribution >= 4 is 21.6 Å². The largest absolute Gasteiger partial charge is 0.493 e. The molecule has 1 aromatic heterocycles. The maximum atomic E-state index is 13.5. The number of fused-ring (bicyclic) bond motifs is 1.